The Balaban J connectivity index is 0.00000104. The Morgan fingerprint density at radius 3 is 1.92 bits per heavy atom. The lowest BCUT2D eigenvalue weighted by atomic mass is 10.0. The molecule has 2 aromatic rings. The molecular formula is C22H21Cl3F6N2O2S. The number of hydrogen-bond donors (Lipinski definition) is 2. The van der Waals surface area contributed by atoms with Crippen molar-refractivity contribution in [3.05, 3.63) is 66.8 Å². The second-order valence-electron chi connectivity index (χ2n) is 6.44. The molecule has 0 bridgehead atoms. The fourth-order valence-corrected chi connectivity index (χ4v) is 3.89. The summed E-state index contributed by atoms with van der Waals surface area (Å²) in [5.41, 5.74) is 4.64. The zero-order valence-corrected chi connectivity index (χ0v) is 22.1. The molecule has 0 aliphatic rings. The SMILES string of the molecule is C=C(/C=C(/c1cc(Cl)c(Cl)c(Cl)c1)C(F)(F)F)c1cc(C)c(C(N)=O)s1.CC.O=CNCC(F)(F)F. The molecule has 14 heteroatoms. The minimum atomic E-state index is -4.69. The van der Waals surface area contributed by atoms with Gasteiger partial charge in [0, 0.05) is 4.88 Å². The summed E-state index contributed by atoms with van der Waals surface area (Å²) in [6, 6.07) is 3.72. The number of carbonyl (C=O) groups excluding carboxylic acids is 2. The number of nitrogens with one attached hydrogen (secondary N) is 1. The number of amides is 2. The number of rotatable bonds is 6. The molecule has 0 radical (unpaired) electrons. The van der Waals surface area contributed by atoms with Crippen molar-refractivity contribution >= 4 is 69.6 Å². The average molecular weight is 598 g/mol. The summed E-state index contributed by atoms with van der Waals surface area (Å²) < 4.78 is 73.7. The van der Waals surface area contributed by atoms with Crippen LogP contribution in [0.25, 0.3) is 11.1 Å². The fourth-order valence-electron chi connectivity index (χ4n) is 2.33. The van der Waals surface area contributed by atoms with E-state index in [1.807, 2.05) is 13.8 Å². The van der Waals surface area contributed by atoms with Crippen LogP contribution in [0.2, 0.25) is 15.1 Å². The molecule has 1 aromatic heterocycles. The van der Waals surface area contributed by atoms with Crippen LogP contribution in [0.4, 0.5) is 26.3 Å². The highest BCUT2D eigenvalue weighted by Gasteiger charge is 2.35. The lowest BCUT2D eigenvalue weighted by Crippen LogP contribution is -2.27. The molecule has 2 rings (SSSR count). The first-order chi connectivity index (χ1) is 16.5. The van der Waals surface area contributed by atoms with Crippen LogP contribution in [0.3, 0.4) is 0 Å². The number of nitrogens with two attached hydrogens (primary N) is 1. The summed E-state index contributed by atoms with van der Waals surface area (Å²) >= 11 is 18.5. The topological polar surface area (TPSA) is 72.2 Å². The van der Waals surface area contributed by atoms with Crippen molar-refractivity contribution in [2.24, 2.45) is 5.73 Å². The maximum Gasteiger partial charge on any atom is 0.417 e. The van der Waals surface area contributed by atoms with Crippen molar-refractivity contribution in [1.29, 1.82) is 0 Å². The van der Waals surface area contributed by atoms with Gasteiger partial charge in [0.15, 0.2) is 0 Å². The van der Waals surface area contributed by atoms with E-state index in [9.17, 15) is 35.9 Å². The maximum absolute atomic E-state index is 13.6. The third-order valence-electron chi connectivity index (χ3n) is 3.76. The number of aryl methyl sites for hydroxylation is 1. The fraction of sp³-hybridized carbons (Fsp3) is 0.273. The van der Waals surface area contributed by atoms with Gasteiger partial charge in [-0.15, -0.1) is 11.3 Å². The predicted molar refractivity (Wildman–Crippen MR) is 134 cm³/mol. The quantitative estimate of drug-likeness (QED) is 0.153. The van der Waals surface area contributed by atoms with E-state index in [4.69, 9.17) is 40.5 Å². The smallest absolute Gasteiger partial charge is 0.365 e. The Kier molecular flexibility index (Phi) is 13.6. The number of primary amides is 1. The number of allylic oxidation sites excluding steroid dienone is 3. The van der Waals surface area contributed by atoms with Crippen LogP contribution in [-0.4, -0.2) is 31.2 Å². The number of benzene rings is 1. The molecule has 0 fully saturated rings. The van der Waals surface area contributed by atoms with Crippen LogP contribution in [-0.2, 0) is 4.79 Å². The lowest BCUT2D eigenvalue weighted by Gasteiger charge is -2.14. The molecule has 36 heavy (non-hydrogen) atoms. The van der Waals surface area contributed by atoms with Crippen molar-refractivity contribution in [1.82, 2.24) is 5.32 Å². The minimum absolute atomic E-state index is 0.00743. The van der Waals surface area contributed by atoms with E-state index in [-0.39, 0.29) is 37.5 Å². The van der Waals surface area contributed by atoms with Crippen LogP contribution in [0.15, 0.2) is 30.9 Å². The van der Waals surface area contributed by atoms with Gasteiger partial charge in [0.25, 0.3) is 5.91 Å². The minimum Gasteiger partial charge on any atom is -0.365 e. The van der Waals surface area contributed by atoms with Crippen molar-refractivity contribution in [2.45, 2.75) is 33.1 Å². The Bertz CT molecular complexity index is 1090. The first-order valence-electron chi connectivity index (χ1n) is 9.75. The number of alkyl halides is 6. The Morgan fingerprint density at radius 2 is 1.58 bits per heavy atom. The highest BCUT2D eigenvalue weighted by molar-refractivity contribution is 7.15. The molecule has 1 aromatic carbocycles. The molecule has 1 heterocycles. The van der Waals surface area contributed by atoms with Crippen LogP contribution in [0.1, 0.15) is 39.5 Å². The summed E-state index contributed by atoms with van der Waals surface area (Å²) in [4.78, 5) is 21.2. The standard InChI is InChI=1S/C17H11Cl3F3NOS.C3H4F3NO.C2H6/c1-7(13-4-8(2)15(26-13)16(24)25)3-10(17(21,22)23)9-5-11(18)14(20)12(19)6-9;4-3(5,6)1-7-2-8;1-2/h3-6H,1H2,2H3,(H2,24,25);2H,1H2,(H,7,8);1-2H3/b10-3-;;. The zero-order valence-electron chi connectivity index (χ0n) is 19.0. The summed E-state index contributed by atoms with van der Waals surface area (Å²) in [5.74, 6) is -0.650. The van der Waals surface area contributed by atoms with Gasteiger partial charge in [-0.1, -0.05) is 55.2 Å². The average Bonchev–Trinajstić information content (AvgIpc) is 3.16. The predicted octanol–water partition coefficient (Wildman–Crippen LogP) is 8.10. The van der Waals surface area contributed by atoms with Crippen molar-refractivity contribution in [3.63, 3.8) is 0 Å². The van der Waals surface area contributed by atoms with Crippen LogP contribution < -0.4 is 11.1 Å². The van der Waals surface area contributed by atoms with Gasteiger partial charge >= 0.3 is 12.4 Å². The molecule has 3 N–H and O–H groups in total. The van der Waals surface area contributed by atoms with Crippen LogP contribution >= 0.6 is 46.1 Å². The maximum atomic E-state index is 13.6. The molecule has 4 nitrogen and oxygen atoms in total. The molecular weight excluding hydrogens is 577 g/mol. The Labute approximate surface area is 222 Å². The van der Waals surface area contributed by atoms with Crippen LogP contribution in [0, 0.1) is 6.92 Å². The van der Waals surface area contributed by atoms with Gasteiger partial charge in [-0.25, -0.2) is 0 Å². The molecule has 2 amide bonds. The van der Waals surface area contributed by atoms with Gasteiger partial charge in [-0.05, 0) is 47.9 Å². The summed E-state index contributed by atoms with van der Waals surface area (Å²) in [6.45, 7) is 8.06. The molecule has 0 saturated carbocycles. The van der Waals surface area contributed by atoms with Crippen molar-refractivity contribution in [3.8, 4) is 0 Å². The molecule has 0 spiro atoms. The largest absolute Gasteiger partial charge is 0.417 e. The summed E-state index contributed by atoms with van der Waals surface area (Å²) in [7, 11) is 0. The van der Waals surface area contributed by atoms with Gasteiger partial charge < -0.3 is 11.1 Å². The number of carbonyl (C=O) groups is 2. The number of hydrogen-bond acceptors (Lipinski definition) is 3. The summed E-state index contributed by atoms with van der Waals surface area (Å²) in [6.07, 6.45) is -8.11. The van der Waals surface area contributed by atoms with E-state index >= 15 is 0 Å². The summed E-state index contributed by atoms with van der Waals surface area (Å²) in [5, 5.41) is 1.25. The number of halogens is 9. The third-order valence-corrected chi connectivity index (χ3v) is 6.29. The van der Waals surface area contributed by atoms with E-state index in [1.165, 1.54) is 5.32 Å². The molecule has 0 saturated heterocycles. The molecule has 0 unspecified atom stereocenters. The second-order valence-corrected chi connectivity index (χ2v) is 8.68. The van der Waals surface area contributed by atoms with Crippen molar-refractivity contribution < 1.29 is 35.9 Å². The zero-order chi connectivity index (χ0) is 28.4. The molecule has 0 atom stereocenters. The van der Waals surface area contributed by atoms with E-state index in [1.54, 1.807) is 13.0 Å². The third kappa shape index (κ3) is 10.8. The highest BCUT2D eigenvalue weighted by Crippen LogP contribution is 2.41. The van der Waals surface area contributed by atoms with Gasteiger partial charge in [0.2, 0.25) is 6.41 Å². The first-order valence-corrected chi connectivity index (χ1v) is 11.7. The molecule has 200 valence electrons. The van der Waals surface area contributed by atoms with Gasteiger partial charge in [-0.2, -0.15) is 26.3 Å². The second kappa shape index (κ2) is 14.5. The van der Waals surface area contributed by atoms with Gasteiger partial charge in [0.1, 0.15) is 6.54 Å². The van der Waals surface area contributed by atoms with E-state index in [0.717, 1.165) is 29.5 Å². The van der Waals surface area contributed by atoms with E-state index in [2.05, 4.69) is 6.58 Å². The van der Waals surface area contributed by atoms with E-state index < -0.39 is 30.4 Å². The Hall–Kier alpha value is -2.21. The molecule has 0 aliphatic carbocycles. The van der Waals surface area contributed by atoms with Gasteiger partial charge in [0.05, 0.1) is 25.5 Å². The number of thiophene rings is 1. The van der Waals surface area contributed by atoms with Crippen molar-refractivity contribution in [2.75, 3.05) is 6.54 Å². The lowest BCUT2D eigenvalue weighted by molar-refractivity contribution is -0.132. The van der Waals surface area contributed by atoms with Crippen LogP contribution in [0.5, 0.6) is 0 Å². The monoisotopic (exact) mass is 596 g/mol. The van der Waals surface area contributed by atoms with Gasteiger partial charge in [-0.3, -0.25) is 9.59 Å². The first kappa shape index (κ1) is 33.8. The normalized spacial score (nSPS) is 11.5. The molecule has 0 aliphatic heterocycles. The van der Waals surface area contributed by atoms with E-state index in [0.29, 0.717) is 10.4 Å². The highest BCUT2D eigenvalue weighted by atomic mass is 35.5. The Morgan fingerprint density at radius 1 is 1.08 bits per heavy atom.